The van der Waals surface area contributed by atoms with Crippen LogP contribution in [0.4, 0.5) is 0 Å². The molecule has 1 aliphatic carbocycles. The summed E-state index contributed by atoms with van der Waals surface area (Å²) < 4.78 is 5.19. The highest BCUT2D eigenvalue weighted by Crippen LogP contribution is 2.29. The standard InChI is InChI=1S/C12H15NO4/c1-8(12(15)16)11(14)13(9-4-5-9)7-10-3-2-6-17-10/h2-3,6,8-9H,4-5,7H2,1H3,(H,15,16). The van der Waals surface area contributed by atoms with Crippen molar-refractivity contribution in [3.05, 3.63) is 24.2 Å². The average Bonchev–Trinajstić information content (AvgIpc) is 3.01. The van der Waals surface area contributed by atoms with Crippen molar-refractivity contribution in [2.75, 3.05) is 0 Å². The van der Waals surface area contributed by atoms with Crippen molar-refractivity contribution in [1.82, 2.24) is 4.90 Å². The molecule has 0 spiro atoms. The number of carbonyl (C=O) groups is 2. The van der Waals surface area contributed by atoms with Gasteiger partial charge in [-0.05, 0) is 31.9 Å². The van der Waals surface area contributed by atoms with Crippen molar-refractivity contribution < 1.29 is 19.1 Å². The molecule has 5 heteroatoms. The van der Waals surface area contributed by atoms with Crippen molar-refractivity contribution >= 4 is 11.9 Å². The molecule has 1 aromatic heterocycles. The molecule has 1 unspecified atom stereocenters. The Kier molecular flexibility index (Phi) is 3.17. The number of carboxylic acids is 1. The largest absolute Gasteiger partial charge is 0.481 e. The van der Waals surface area contributed by atoms with E-state index in [-0.39, 0.29) is 11.9 Å². The zero-order chi connectivity index (χ0) is 12.4. The SMILES string of the molecule is CC(C(=O)O)C(=O)N(Cc1ccco1)C1CC1. The smallest absolute Gasteiger partial charge is 0.315 e. The fraction of sp³-hybridized carbons (Fsp3) is 0.500. The minimum atomic E-state index is -1.08. The van der Waals surface area contributed by atoms with Crippen LogP contribution in [0.25, 0.3) is 0 Å². The van der Waals surface area contributed by atoms with Crippen LogP contribution in [-0.4, -0.2) is 27.9 Å². The third-order valence-corrected chi connectivity index (χ3v) is 2.92. The Bertz CT molecular complexity index is 408. The lowest BCUT2D eigenvalue weighted by atomic mass is 10.1. The van der Waals surface area contributed by atoms with Crippen molar-refractivity contribution in [1.29, 1.82) is 0 Å². The molecule has 1 aromatic rings. The van der Waals surface area contributed by atoms with Gasteiger partial charge in [0.1, 0.15) is 11.7 Å². The lowest BCUT2D eigenvalue weighted by Gasteiger charge is -2.23. The first-order valence-electron chi connectivity index (χ1n) is 5.65. The molecule has 17 heavy (non-hydrogen) atoms. The van der Waals surface area contributed by atoms with E-state index < -0.39 is 11.9 Å². The van der Waals surface area contributed by atoms with E-state index in [1.165, 1.54) is 6.92 Å². The molecule has 0 bridgehead atoms. The van der Waals surface area contributed by atoms with E-state index in [2.05, 4.69) is 0 Å². The van der Waals surface area contributed by atoms with Crippen LogP contribution in [-0.2, 0) is 16.1 Å². The van der Waals surface area contributed by atoms with Gasteiger partial charge in [0, 0.05) is 6.04 Å². The van der Waals surface area contributed by atoms with Crippen LogP contribution in [0.5, 0.6) is 0 Å². The van der Waals surface area contributed by atoms with E-state index >= 15 is 0 Å². The summed E-state index contributed by atoms with van der Waals surface area (Å²) in [5, 5.41) is 8.86. The Morgan fingerprint density at radius 1 is 1.59 bits per heavy atom. The van der Waals surface area contributed by atoms with Gasteiger partial charge in [0.15, 0.2) is 0 Å². The van der Waals surface area contributed by atoms with Gasteiger partial charge in [-0.25, -0.2) is 0 Å². The molecule has 0 aromatic carbocycles. The third kappa shape index (κ3) is 2.67. The second-order valence-corrected chi connectivity index (χ2v) is 4.34. The number of furan rings is 1. The molecule has 1 saturated carbocycles. The van der Waals surface area contributed by atoms with Gasteiger partial charge >= 0.3 is 5.97 Å². The number of carbonyl (C=O) groups excluding carboxylic acids is 1. The summed E-state index contributed by atoms with van der Waals surface area (Å²) >= 11 is 0. The molecule has 1 aliphatic rings. The van der Waals surface area contributed by atoms with Crippen LogP contribution in [0.2, 0.25) is 0 Å². The monoisotopic (exact) mass is 237 g/mol. The van der Waals surface area contributed by atoms with E-state index in [9.17, 15) is 9.59 Å². The fourth-order valence-electron chi connectivity index (χ4n) is 1.70. The number of amides is 1. The molecule has 0 aliphatic heterocycles. The van der Waals surface area contributed by atoms with Gasteiger partial charge in [-0.3, -0.25) is 9.59 Å². The first kappa shape index (κ1) is 11.7. The summed E-state index contributed by atoms with van der Waals surface area (Å²) in [5.74, 6) is -1.73. The Hall–Kier alpha value is -1.78. The van der Waals surface area contributed by atoms with Gasteiger partial charge < -0.3 is 14.4 Å². The molecule has 0 radical (unpaired) electrons. The molecular weight excluding hydrogens is 222 g/mol. The highest BCUT2D eigenvalue weighted by Gasteiger charge is 2.36. The van der Waals surface area contributed by atoms with Gasteiger partial charge in [0.05, 0.1) is 12.8 Å². The van der Waals surface area contributed by atoms with Crippen LogP contribution >= 0.6 is 0 Å². The van der Waals surface area contributed by atoms with E-state index in [1.807, 2.05) is 0 Å². The Balaban J connectivity index is 2.07. The zero-order valence-corrected chi connectivity index (χ0v) is 9.63. The maximum atomic E-state index is 12.0. The van der Waals surface area contributed by atoms with Crippen LogP contribution in [0.15, 0.2) is 22.8 Å². The maximum Gasteiger partial charge on any atom is 0.315 e. The predicted octanol–water partition coefficient (Wildman–Crippen LogP) is 1.49. The first-order valence-corrected chi connectivity index (χ1v) is 5.65. The summed E-state index contributed by atoms with van der Waals surface area (Å²) in [5.41, 5.74) is 0. The Morgan fingerprint density at radius 3 is 2.76 bits per heavy atom. The number of hydrogen-bond donors (Lipinski definition) is 1. The Morgan fingerprint density at radius 2 is 2.29 bits per heavy atom. The van der Waals surface area contributed by atoms with Crippen LogP contribution in [0.1, 0.15) is 25.5 Å². The minimum absolute atomic E-state index is 0.175. The van der Waals surface area contributed by atoms with Gasteiger partial charge in [-0.1, -0.05) is 0 Å². The van der Waals surface area contributed by atoms with Crippen molar-refractivity contribution in [2.24, 2.45) is 5.92 Å². The first-order chi connectivity index (χ1) is 8.09. The molecule has 2 rings (SSSR count). The molecule has 1 heterocycles. The normalized spacial score (nSPS) is 16.5. The average molecular weight is 237 g/mol. The number of carboxylic acid groups (broad SMARTS) is 1. The van der Waals surface area contributed by atoms with Crippen LogP contribution < -0.4 is 0 Å². The third-order valence-electron chi connectivity index (χ3n) is 2.92. The highest BCUT2D eigenvalue weighted by atomic mass is 16.4. The number of hydrogen-bond acceptors (Lipinski definition) is 3. The topological polar surface area (TPSA) is 70.8 Å². The molecule has 0 saturated heterocycles. The van der Waals surface area contributed by atoms with Crippen molar-refractivity contribution in [3.8, 4) is 0 Å². The molecule has 5 nitrogen and oxygen atoms in total. The van der Waals surface area contributed by atoms with Gasteiger partial charge in [0.25, 0.3) is 0 Å². The van der Waals surface area contributed by atoms with Gasteiger partial charge in [-0.15, -0.1) is 0 Å². The molecular formula is C12H15NO4. The highest BCUT2D eigenvalue weighted by molar-refractivity contribution is 5.96. The summed E-state index contributed by atoms with van der Waals surface area (Å²) in [7, 11) is 0. The number of rotatable bonds is 5. The molecule has 1 fully saturated rings. The lowest BCUT2D eigenvalue weighted by molar-refractivity contribution is -0.151. The van der Waals surface area contributed by atoms with Crippen molar-refractivity contribution in [3.63, 3.8) is 0 Å². The zero-order valence-electron chi connectivity index (χ0n) is 9.63. The fourth-order valence-corrected chi connectivity index (χ4v) is 1.70. The molecule has 1 N–H and O–H groups in total. The van der Waals surface area contributed by atoms with Crippen LogP contribution in [0.3, 0.4) is 0 Å². The van der Waals surface area contributed by atoms with Gasteiger partial charge in [0.2, 0.25) is 5.91 Å². The number of nitrogens with zero attached hydrogens (tertiary/aromatic N) is 1. The summed E-state index contributed by atoms with van der Waals surface area (Å²) in [4.78, 5) is 24.4. The predicted molar refractivity (Wildman–Crippen MR) is 59.1 cm³/mol. The molecule has 1 atom stereocenters. The minimum Gasteiger partial charge on any atom is -0.481 e. The molecule has 92 valence electrons. The number of aliphatic carboxylic acids is 1. The summed E-state index contributed by atoms with van der Waals surface area (Å²) in [6.45, 7) is 1.77. The van der Waals surface area contributed by atoms with Gasteiger partial charge in [-0.2, -0.15) is 0 Å². The maximum absolute atomic E-state index is 12.0. The summed E-state index contributed by atoms with van der Waals surface area (Å²) in [6.07, 6.45) is 3.43. The quantitative estimate of drug-likeness (QED) is 0.787. The second-order valence-electron chi connectivity index (χ2n) is 4.34. The molecule has 1 amide bonds. The van der Waals surface area contributed by atoms with Crippen LogP contribution in [0, 0.1) is 5.92 Å². The second kappa shape index (κ2) is 4.61. The van der Waals surface area contributed by atoms with E-state index in [0.717, 1.165) is 12.8 Å². The summed E-state index contributed by atoms with van der Waals surface area (Å²) in [6, 6.07) is 3.72. The van der Waals surface area contributed by atoms with Crippen molar-refractivity contribution in [2.45, 2.75) is 32.4 Å². The van der Waals surface area contributed by atoms with E-state index in [4.69, 9.17) is 9.52 Å². The Labute approximate surface area is 99.0 Å². The van der Waals surface area contributed by atoms with E-state index in [0.29, 0.717) is 12.3 Å². The van der Waals surface area contributed by atoms with E-state index in [1.54, 1.807) is 23.3 Å². The lowest BCUT2D eigenvalue weighted by Crippen LogP contribution is -2.39.